The van der Waals surface area contributed by atoms with Crippen molar-refractivity contribution in [3.05, 3.63) is 47.7 Å². The number of benzene rings is 1. The first kappa shape index (κ1) is 23.4. The maximum Gasteiger partial charge on any atom is 0.417 e. The average Bonchev–Trinajstić information content (AvgIpc) is 3.03. The van der Waals surface area contributed by atoms with Crippen LogP contribution in [0.25, 0.3) is 0 Å². The normalized spacial score (nSPS) is 14.7. The van der Waals surface area contributed by atoms with Crippen molar-refractivity contribution in [2.24, 2.45) is 0 Å². The van der Waals surface area contributed by atoms with Crippen molar-refractivity contribution < 1.29 is 32.2 Å². The molecule has 0 N–H and O–H groups in total. The second-order valence-electron chi connectivity index (χ2n) is 7.33. The SMILES string of the molecule is COc1cc(C(C)=O)ccc1OCC(=O)N1CCCN(c2ccc(C(F)(F)F)cn2)CC1. The minimum absolute atomic E-state index is 0.109. The summed E-state index contributed by atoms with van der Waals surface area (Å²) in [5.74, 6) is 0.837. The zero-order valence-electron chi connectivity index (χ0n) is 17.8. The van der Waals surface area contributed by atoms with E-state index in [4.69, 9.17) is 9.47 Å². The van der Waals surface area contributed by atoms with Gasteiger partial charge in [0.1, 0.15) is 5.82 Å². The van der Waals surface area contributed by atoms with Crippen LogP contribution >= 0.6 is 0 Å². The van der Waals surface area contributed by atoms with E-state index in [9.17, 15) is 22.8 Å². The Kier molecular flexibility index (Phi) is 7.22. The number of carbonyl (C=O) groups is 2. The Morgan fingerprint density at radius 1 is 1.06 bits per heavy atom. The van der Waals surface area contributed by atoms with Gasteiger partial charge in [0.05, 0.1) is 12.7 Å². The first-order chi connectivity index (χ1) is 15.2. The third kappa shape index (κ3) is 5.68. The van der Waals surface area contributed by atoms with E-state index in [2.05, 4.69) is 4.98 Å². The number of aromatic nitrogens is 1. The van der Waals surface area contributed by atoms with Crippen LogP contribution in [0.15, 0.2) is 36.5 Å². The number of ether oxygens (including phenoxy) is 2. The minimum Gasteiger partial charge on any atom is -0.493 e. The van der Waals surface area contributed by atoms with Gasteiger partial charge in [-0.1, -0.05) is 0 Å². The van der Waals surface area contributed by atoms with Crippen molar-refractivity contribution in [2.45, 2.75) is 19.5 Å². The van der Waals surface area contributed by atoms with Gasteiger partial charge >= 0.3 is 6.18 Å². The highest BCUT2D eigenvalue weighted by Crippen LogP contribution is 2.30. The summed E-state index contributed by atoms with van der Waals surface area (Å²) < 4.78 is 49.1. The fraction of sp³-hybridized carbons (Fsp3) is 0.409. The molecule has 2 heterocycles. The summed E-state index contributed by atoms with van der Waals surface area (Å²) in [5, 5.41) is 0. The van der Waals surface area contributed by atoms with Crippen molar-refractivity contribution in [3.8, 4) is 11.5 Å². The van der Waals surface area contributed by atoms with Gasteiger partial charge in [0.15, 0.2) is 23.9 Å². The fourth-order valence-electron chi connectivity index (χ4n) is 3.37. The highest BCUT2D eigenvalue weighted by molar-refractivity contribution is 5.94. The average molecular weight is 451 g/mol. The summed E-state index contributed by atoms with van der Waals surface area (Å²) in [5.41, 5.74) is -0.318. The van der Waals surface area contributed by atoms with Gasteiger partial charge in [-0.05, 0) is 43.7 Å². The lowest BCUT2D eigenvalue weighted by Gasteiger charge is -2.23. The molecule has 1 saturated heterocycles. The molecule has 7 nitrogen and oxygen atoms in total. The van der Waals surface area contributed by atoms with Crippen molar-refractivity contribution >= 4 is 17.5 Å². The summed E-state index contributed by atoms with van der Waals surface area (Å²) in [7, 11) is 1.45. The van der Waals surface area contributed by atoms with Crippen molar-refractivity contribution in [3.63, 3.8) is 0 Å². The Hall–Kier alpha value is -3.30. The third-order valence-electron chi connectivity index (χ3n) is 5.17. The molecule has 0 aliphatic carbocycles. The van der Waals surface area contributed by atoms with Crippen LogP contribution < -0.4 is 14.4 Å². The second kappa shape index (κ2) is 9.88. The van der Waals surface area contributed by atoms with Gasteiger partial charge in [-0.2, -0.15) is 13.2 Å². The van der Waals surface area contributed by atoms with Crippen molar-refractivity contribution in [2.75, 3.05) is 44.8 Å². The van der Waals surface area contributed by atoms with Gasteiger partial charge in [-0.3, -0.25) is 9.59 Å². The molecule has 1 amide bonds. The molecule has 1 fully saturated rings. The minimum atomic E-state index is -4.43. The third-order valence-corrected chi connectivity index (χ3v) is 5.17. The highest BCUT2D eigenvalue weighted by atomic mass is 19.4. The topological polar surface area (TPSA) is 72.0 Å². The molecule has 172 valence electrons. The summed E-state index contributed by atoms with van der Waals surface area (Å²) in [4.78, 5) is 31.6. The van der Waals surface area contributed by atoms with Crippen LogP contribution in [-0.4, -0.2) is 61.5 Å². The molecule has 1 aliphatic rings. The number of rotatable bonds is 6. The molecule has 1 aromatic carbocycles. The molecular weight excluding hydrogens is 427 g/mol. The predicted octanol–water partition coefficient (Wildman–Crippen LogP) is 3.43. The van der Waals surface area contributed by atoms with Gasteiger partial charge in [0.25, 0.3) is 5.91 Å². The Labute approximate surface area is 183 Å². The van der Waals surface area contributed by atoms with Crippen molar-refractivity contribution in [1.82, 2.24) is 9.88 Å². The van der Waals surface area contributed by atoms with Gasteiger partial charge in [-0.25, -0.2) is 4.98 Å². The monoisotopic (exact) mass is 451 g/mol. The predicted molar refractivity (Wildman–Crippen MR) is 111 cm³/mol. The number of hydrogen-bond donors (Lipinski definition) is 0. The molecule has 2 aromatic rings. The number of Topliss-reactive ketones (excluding diaryl/α,β-unsaturated/α-hetero) is 1. The number of alkyl halides is 3. The molecule has 10 heteroatoms. The molecule has 1 aromatic heterocycles. The van der Waals surface area contributed by atoms with E-state index < -0.39 is 11.7 Å². The molecule has 0 atom stereocenters. The molecule has 0 radical (unpaired) electrons. The number of ketones is 1. The molecule has 0 unspecified atom stereocenters. The lowest BCUT2D eigenvalue weighted by molar-refractivity contribution is -0.137. The molecule has 0 spiro atoms. The Balaban J connectivity index is 1.57. The van der Waals surface area contributed by atoms with Crippen LogP contribution in [0.4, 0.5) is 19.0 Å². The number of carbonyl (C=O) groups excluding carboxylic acids is 2. The van der Waals surface area contributed by atoms with E-state index in [1.54, 1.807) is 23.1 Å². The van der Waals surface area contributed by atoms with Crippen LogP contribution in [-0.2, 0) is 11.0 Å². The van der Waals surface area contributed by atoms with E-state index in [0.717, 1.165) is 12.3 Å². The summed E-state index contributed by atoms with van der Waals surface area (Å²) in [6.45, 7) is 3.16. The lowest BCUT2D eigenvalue weighted by atomic mass is 10.1. The molecule has 32 heavy (non-hydrogen) atoms. The van der Waals surface area contributed by atoms with E-state index in [1.165, 1.54) is 20.1 Å². The first-order valence-electron chi connectivity index (χ1n) is 10.1. The van der Waals surface area contributed by atoms with Crippen LogP contribution in [0.3, 0.4) is 0 Å². The molecule has 0 bridgehead atoms. The largest absolute Gasteiger partial charge is 0.493 e. The number of methoxy groups -OCH3 is 1. The number of hydrogen-bond acceptors (Lipinski definition) is 6. The first-order valence-corrected chi connectivity index (χ1v) is 10.1. The van der Waals surface area contributed by atoms with E-state index in [-0.39, 0.29) is 18.3 Å². The second-order valence-corrected chi connectivity index (χ2v) is 7.33. The van der Waals surface area contributed by atoms with E-state index in [0.29, 0.717) is 55.5 Å². The van der Waals surface area contributed by atoms with Crippen LogP contribution in [0.1, 0.15) is 29.3 Å². The van der Waals surface area contributed by atoms with Gasteiger partial charge in [-0.15, -0.1) is 0 Å². The lowest BCUT2D eigenvalue weighted by Crippen LogP contribution is -2.38. The summed E-state index contributed by atoms with van der Waals surface area (Å²) >= 11 is 0. The Morgan fingerprint density at radius 3 is 2.47 bits per heavy atom. The van der Waals surface area contributed by atoms with Crippen LogP contribution in [0.5, 0.6) is 11.5 Å². The molecular formula is C22H24F3N3O4. The zero-order chi connectivity index (χ0) is 23.3. The zero-order valence-corrected chi connectivity index (χ0v) is 17.8. The molecule has 1 aliphatic heterocycles. The van der Waals surface area contributed by atoms with Gasteiger partial charge in [0.2, 0.25) is 0 Å². The standard InChI is InChI=1S/C22H24F3N3O4/c1-15(29)16-4-6-18(19(12-16)31-2)32-14-21(30)28-9-3-8-27(10-11-28)20-7-5-17(13-26-20)22(23,24)25/h4-7,12-13H,3,8-11,14H2,1-2H3. The van der Waals surface area contributed by atoms with Gasteiger partial charge in [0, 0.05) is 37.9 Å². The molecule has 0 saturated carbocycles. The number of pyridine rings is 1. The van der Waals surface area contributed by atoms with Gasteiger partial charge < -0.3 is 19.3 Å². The number of amides is 1. The number of nitrogens with zero attached hydrogens (tertiary/aromatic N) is 3. The van der Waals surface area contributed by atoms with Crippen LogP contribution in [0.2, 0.25) is 0 Å². The maximum absolute atomic E-state index is 12.7. The van der Waals surface area contributed by atoms with E-state index >= 15 is 0 Å². The van der Waals surface area contributed by atoms with Crippen LogP contribution in [0, 0.1) is 0 Å². The Morgan fingerprint density at radius 2 is 1.84 bits per heavy atom. The summed E-state index contributed by atoms with van der Waals surface area (Å²) in [6, 6.07) is 7.10. The summed E-state index contributed by atoms with van der Waals surface area (Å²) in [6.07, 6.45) is -2.96. The quantitative estimate of drug-likeness (QED) is 0.627. The van der Waals surface area contributed by atoms with Crippen molar-refractivity contribution in [1.29, 1.82) is 0 Å². The Bertz CT molecular complexity index is 964. The maximum atomic E-state index is 12.7. The fourth-order valence-corrected chi connectivity index (χ4v) is 3.37. The smallest absolute Gasteiger partial charge is 0.417 e. The van der Waals surface area contributed by atoms with E-state index in [1.807, 2.05) is 4.90 Å². The molecule has 3 rings (SSSR count). The number of halogens is 3. The number of anilines is 1. The highest BCUT2D eigenvalue weighted by Gasteiger charge is 2.31.